The van der Waals surface area contributed by atoms with Crippen LogP contribution in [0.2, 0.25) is 0 Å². The molecule has 1 aromatic carbocycles. The summed E-state index contributed by atoms with van der Waals surface area (Å²) in [5, 5.41) is 11.3. The molecule has 1 fully saturated rings. The predicted molar refractivity (Wildman–Crippen MR) is 129 cm³/mol. The maximum absolute atomic E-state index is 6.22. The van der Waals surface area contributed by atoms with Crippen LogP contribution in [-0.4, -0.2) is 35.4 Å². The maximum Gasteiger partial charge on any atom is 0.191 e. The van der Waals surface area contributed by atoms with Gasteiger partial charge in [0.15, 0.2) is 5.96 Å². The summed E-state index contributed by atoms with van der Waals surface area (Å²) < 4.78 is 8.28. The van der Waals surface area contributed by atoms with E-state index in [4.69, 9.17) is 4.74 Å². The molecule has 1 aliphatic carbocycles. The van der Waals surface area contributed by atoms with Crippen LogP contribution in [0.1, 0.15) is 49.1 Å². The van der Waals surface area contributed by atoms with E-state index in [-0.39, 0.29) is 24.0 Å². The van der Waals surface area contributed by atoms with Gasteiger partial charge in [0, 0.05) is 37.9 Å². The van der Waals surface area contributed by atoms with E-state index in [1.807, 2.05) is 13.0 Å². The van der Waals surface area contributed by atoms with E-state index in [2.05, 4.69) is 56.6 Å². The molecular weight excluding hydrogens is 477 g/mol. The Balaban J connectivity index is 0.00000300. The fourth-order valence-electron chi connectivity index (χ4n) is 3.69. The standard InChI is InChI=1S/C22H33N5O.HI/c1-17-15-18(2)27(26-17)14-8-13-24-22(23-3)25-16-19-9-4-7-12-21(19)28-20-10-5-6-11-20;/h4,7,9,12,15,20H,5-6,8,10-11,13-14,16H2,1-3H3,(H2,23,24,25);1H. The Morgan fingerprint density at radius 2 is 1.97 bits per heavy atom. The number of para-hydroxylation sites is 1. The molecule has 1 saturated carbocycles. The molecule has 0 spiro atoms. The molecule has 1 heterocycles. The summed E-state index contributed by atoms with van der Waals surface area (Å²) in [5.74, 6) is 1.80. The second-order valence-electron chi connectivity index (χ2n) is 7.49. The molecule has 0 unspecified atom stereocenters. The minimum atomic E-state index is 0. The number of ether oxygens (including phenoxy) is 1. The van der Waals surface area contributed by atoms with Crippen LogP contribution < -0.4 is 15.4 Å². The molecule has 0 amide bonds. The van der Waals surface area contributed by atoms with Gasteiger partial charge in [0.05, 0.1) is 11.8 Å². The number of guanidine groups is 1. The van der Waals surface area contributed by atoms with Gasteiger partial charge in [-0.1, -0.05) is 18.2 Å². The van der Waals surface area contributed by atoms with Gasteiger partial charge in [-0.15, -0.1) is 24.0 Å². The number of aliphatic imine (C=N–C) groups is 1. The van der Waals surface area contributed by atoms with Crippen molar-refractivity contribution in [2.75, 3.05) is 13.6 Å². The summed E-state index contributed by atoms with van der Waals surface area (Å²) in [5.41, 5.74) is 3.44. The molecule has 0 atom stereocenters. The van der Waals surface area contributed by atoms with Gasteiger partial charge in [-0.05, 0) is 58.1 Å². The maximum atomic E-state index is 6.22. The monoisotopic (exact) mass is 511 g/mol. The van der Waals surface area contributed by atoms with Gasteiger partial charge in [0.25, 0.3) is 0 Å². The van der Waals surface area contributed by atoms with Crippen molar-refractivity contribution in [2.24, 2.45) is 4.99 Å². The minimum Gasteiger partial charge on any atom is -0.490 e. The highest BCUT2D eigenvalue weighted by Gasteiger charge is 2.17. The van der Waals surface area contributed by atoms with Gasteiger partial charge in [-0.2, -0.15) is 5.10 Å². The van der Waals surface area contributed by atoms with E-state index in [1.165, 1.54) is 36.9 Å². The van der Waals surface area contributed by atoms with Crippen LogP contribution >= 0.6 is 24.0 Å². The first-order chi connectivity index (χ1) is 13.7. The highest BCUT2D eigenvalue weighted by molar-refractivity contribution is 14.0. The van der Waals surface area contributed by atoms with E-state index < -0.39 is 0 Å². The van der Waals surface area contributed by atoms with Gasteiger partial charge >= 0.3 is 0 Å². The third-order valence-corrected chi connectivity index (χ3v) is 5.18. The Morgan fingerprint density at radius 3 is 2.66 bits per heavy atom. The summed E-state index contributed by atoms with van der Waals surface area (Å²) in [7, 11) is 1.80. The SMILES string of the molecule is CN=C(NCCCn1nc(C)cc1C)NCc1ccccc1OC1CCCC1.I. The smallest absolute Gasteiger partial charge is 0.191 e. The average Bonchev–Trinajstić information content (AvgIpc) is 3.31. The molecule has 7 heteroatoms. The van der Waals surface area contributed by atoms with E-state index >= 15 is 0 Å². The highest BCUT2D eigenvalue weighted by Crippen LogP contribution is 2.26. The van der Waals surface area contributed by atoms with Crippen molar-refractivity contribution in [1.82, 2.24) is 20.4 Å². The molecule has 6 nitrogen and oxygen atoms in total. The fourth-order valence-corrected chi connectivity index (χ4v) is 3.69. The quantitative estimate of drug-likeness (QED) is 0.242. The third-order valence-electron chi connectivity index (χ3n) is 5.18. The van der Waals surface area contributed by atoms with Crippen molar-refractivity contribution >= 4 is 29.9 Å². The van der Waals surface area contributed by atoms with E-state index in [0.29, 0.717) is 12.6 Å². The summed E-state index contributed by atoms with van der Waals surface area (Å²) in [4.78, 5) is 4.33. The number of rotatable bonds is 8. The Hall–Kier alpha value is -1.77. The third kappa shape index (κ3) is 7.21. The number of aryl methyl sites for hydroxylation is 3. The zero-order valence-corrected chi connectivity index (χ0v) is 20.1. The topological polar surface area (TPSA) is 63.5 Å². The van der Waals surface area contributed by atoms with Crippen molar-refractivity contribution in [3.05, 3.63) is 47.3 Å². The van der Waals surface area contributed by atoms with Crippen LogP contribution in [-0.2, 0) is 13.1 Å². The number of nitrogens with zero attached hydrogens (tertiary/aromatic N) is 3. The van der Waals surface area contributed by atoms with Gasteiger partial charge in [0.2, 0.25) is 0 Å². The van der Waals surface area contributed by atoms with Crippen LogP contribution in [0.25, 0.3) is 0 Å². The molecule has 0 bridgehead atoms. The van der Waals surface area contributed by atoms with Crippen LogP contribution in [0.3, 0.4) is 0 Å². The second-order valence-corrected chi connectivity index (χ2v) is 7.49. The van der Waals surface area contributed by atoms with E-state index in [1.54, 1.807) is 7.05 Å². The minimum absolute atomic E-state index is 0. The second kappa shape index (κ2) is 12.0. The molecule has 29 heavy (non-hydrogen) atoms. The van der Waals surface area contributed by atoms with Crippen LogP contribution in [0.5, 0.6) is 5.75 Å². The van der Waals surface area contributed by atoms with Crippen molar-refractivity contribution in [3.8, 4) is 5.75 Å². The summed E-state index contributed by atoms with van der Waals surface area (Å²) >= 11 is 0. The largest absolute Gasteiger partial charge is 0.490 e. The lowest BCUT2D eigenvalue weighted by atomic mass is 10.2. The number of hydrogen-bond acceptors (Lipinski definition) is 3. The molecular formula is C22H34IN5O. The first-order valence-corrected chi connectivity index (χ1v) is 10.4. The van der Waals surface area contributed by atoms with Crippen LogP contribution in [0, 0.1) is 13.8 Å². The van der Waals surface area contributed by atoms with Crippen LogP contribution in [0.15, 0.2) is 35.3 Å². The van der Waals surface area contributed by atoms with Crippen molar-refractivity contribution in [3.63, 3.8) is 0 Å². The van der Waals surface area contributed by atoms with Gasteiger partial charge in [-0.25, -0.2) is 0 Å². The Morgan fingerprint density at radius 1 is 1.21 bits per heavy atom. The van der Waals surface area contributed by atoms with Crippen molar-refractivity contribution < 1.29 is 4.74 Å². The van der Waals surface area contributed by atoms with Crippen molar-refractivity contribution in [2.45, 2.75) is 65.1 Å². The number of hydrogen-bond donors (Lipinski definition) is 2. The zero-order valence-electron chi connectivity index (χ0n) is 17.8. The predicted octanol–water partition coefficient (Wildman–Crippen LogP) is 4.19. The summed E-state index contributed by atoms with van der Waals surface area (Å²) in [6.07, 6.45) is 6.25. The molecule has 0 radical (unpaired) electrons. The lowest BCUT2D eigenvalue weighted by molar-refractivity contribution is 0.208. The first kappa shape index (κ1) is 23.5. The number of halogens is 1. The zero-order chi connectivity index (χ0) is 19.8. The molecule has 3 rings (SSSR count). The number of nitrogens with one attached hydrogen (secondary N) is 2. The van der Waals surface area contributed by atoms with E-state index in [0.717, 1.165) is 36.9 Å². The molecule has 2 N–H and O–H groups in total. The van der Waals surface area contributed by atoms with Gasteiger partial charge in [0.1, 0.15) is 5.75 Å². The Kier molecular flexibility index (Phi) is 9.76. The molecule has 0 aliphatic heterocycles. The molecule has 1 aliphatic rings. The fraction of sp³-hybridized carbons (Fsp3) is 0.545. The highest BCUT2D eigenvalue weighted by atomic mass is 127. The summed E-state index contributed by atoms with van der Waals surface area (Å²) in [6.45, 7) is 6.57. The Bertz CT molecular complexity index is 783. The lowest BCUT2D eigenvalue weighted by Crippen LogP contribution is -2.37. The molecule has 160 valence electrons. The van der Waals surface area contributed by atoms with Gasteiger partial charge < -0.3 is 15.4 Å². The summed E-state index contributed by atoms with van der Waals surface area (Å²) in [6, 6.07) is 10.4. The van der Waals surface area contributed by atoms with Crippen molar-refractivity contribution in [1.29, 1.82) is 0 Å². The normalized spacial score (nSPS) is 14.5. The number of aromatic nitrogens is 2. The molecule has 0 saturated heterocycles. The average molecular weight is 511 g/mol. The number of benzene rings is 1. The first-order valence-electron chi connectivity index (χ1n) is 10.4. The van der Waals surface area contributed by atoms with E-state index in [9.17, 15) is 0 Å². The lowest BCUT2D eigenvalue weighted by Gasteiger charge is -2.18. The Labute approximate surface area is 191 Å². The molecule has 2 aromatic rings. The van der Waals surface area contributed by atoms with Gasteiger partial charge in [-0.3, -0.25) is 9.67 Å². The van der Waals surface area contributed by atoms with Crippen LogP contribution in [0.4, 0.5) is 0 Å². The molecule has 1 aromatic heterocycles.